The molecule has 0 aromatic carbocycles. The van der Waals surface area contributed by atoms with E-state index in [4.69, 9.17) is 5.11 Å². The van der Waals surface area contributed by atoms with Crippen LogP contribution < -0.4 is 0 Å². The molecule has 0 saturated carbocycles. The van der Waals surface area contributed by atoms with E-state index in [1.165, 1.54) is 0 Å². The van der Waals surface area contributed by atoms with Gasteiger partial charge in [0.2, 0.25) is 0 Å². The SMILES string of the molecule is CC/C=C\C/C=C\C/C=C\C/C=C/C/C=C/CCCC(=O)O. The van der Waals surface area contributed by atoms with Gasteiger partial charge in [-0.1, -0.05) is 67.7 Å². The Morgan fingerprint density at radius 2 is 1.14 bits per heavy atom. The predicted octanol–water partition coefficient (Wildman–Crippen LogP) is 5.99. The molecule has 0 bridgehead atoms. The maximum absolute atomic E-state index is 10.3. The molecule has 0 aromatic rings. The predicted molar refractivity (Wildman–Crippen MR) is 95.9 cm³/mol. The van der Waals surface area contributed by atoms with Crippen molar-refractivity contribution in [1.82, 2.24) is 0 Å². The number of rotatable bonds is 13. The highest BCUT2D eigenvalue weighted by molar-refractivity contribution is 5.66. The van der Waals surface area contributed by atoms with Crippen molar-refractivity contribution in [2.45, 2.75) is 58.3 Å². The Hall–Kier alpha value is -1.83. The highest BCUT2D eigenvalue weighted by atomic mass is 16.4. The van der Waals surface area contributed by atoms with Crippen LogP contribution in [0.5, 0.6) is 0 Å². The summed E-state index contributed by atoms with van der Waals surface area (Å²) >= 11 is 0. The molecular weight excluding hydrogens is 272 g/mol. The van der Waals surface area contributed by atoms with Gasteiger partial charge in [0.05, 0.1) is 0 Å². The highest BCUT2D eigenvalue weighted by Gasteiger charge is 1.92. The number of carboxylic acids is 1. The van der Waals surface area contributed by atoms with Gasteiger partial charge in [0, 0.05) is 6.42 Å². The van der Waals surface area contributed by atoms with Gasteiger partial charge < -0.3 is 5.11 Å². The van der Waals surface area contributed by atoms with Gasteiger partial charge in [0.25, 0.3) is 0 Å². The van der Waals surface area contributed by atoms with E-state index in [0.29, 0.717) is 0 Å². The molecule has 2 nitrogen and oxygen atoms in total. The zero-order chi connectivity index (χ0) is 16.3. The molecule has 0 aromatic heterocycles. The zero-order valence-electron chi connectivity index (χ0n) is 13.8. The van der Waals surface area contributed by atoms with Gasteiger partial charge in [-0.15, -0.1) is 0 Å². The standard InChI is InChI=1S/C20H30O2/c1-2-3-4-5-6-7-8-9-10-11-12-13-14-15-16-17-18-19-20(21)22/h3-4,6-7,9-10,12-13,15-16H,2,5,8,11,14,17-19H2,1H3,(H,21,22)/b4-3-,7-6-,10-9-,13-12+,16-15+. The Bertz CT molecular complexity index is 398. The van der Waals surface area contributed by atoms with E-state index >= 15 is 0 Å². The van der Waals surface area contributed by atoms with Crippen LogP contribution in [-0.2, 0) is 4.79 Å². The van der Waals surface area contributed by atoms with Crippen molar-refractivity contribution in [1.29, 1.82) is 0 Å². The van der Waals surface area contributed by atoms with Crippen LogP contribution in [0.15, 0.2) is 60.8 Å². The second kappa shape index (κ2) is 17.2. The van der Waals surface area contributed by atoms with Crippen molar-refractivity contribution in [2.75, 3.05) is 0 Å². The number of aliphatic carboxylic acids is 1. The quantitative estimate of drug-likeness (QED) is 0.335. The molecule has 0 spiro atoms. The zero-order valence-corrected chi connectivity index (χ0v) is 13.8. The van der Waals surface area contributed by atoms with Gasteiger partial charge in [0.1, 0.15) is 0 Å². The first-order valence-electron chi connectivity index (χ1n) is 8.24. The molecule has 2 heteroatoms. The minimum Gasteiger partial charge on any atom is -0.481 e. The average molecular weight is 302 g/mol. The molecule has 0 aliphatic rings. The molecule has 0 heterocycles. The summed E-state index contributed by atoms with van der Waals surface area (Å²) in [6.45, 7) is 2.14. The van der Waals surface area contributed by atoms with E-state index in [2.05, 4.69) is 67.7 Å². The lowest BCUT2D eigenvalue weighted by molar-refractivity contribution is -0.137. The molecule has 22 heavy (non-hydrogen) atoms. The van der Waals surface area contributed by atoms with Crippen molar-refractivity contribution in [3.63, 3.8) is 0 Å². The fourth-order valence-electron chi connectivity index (χ4n) is 1.74. The van der Waals surface area contributed by atoms with Gasteiger partial charge in [-0.3, -0.25) is 4.79 Å². The van der Waals surface area contributed by atoms with Crippen molar-refractivity contribution < 1.29 is 9.90 Å². The monoisotopic (exact) mass is 302 g/mol. The fourth-order valence-corrected chi connectivity index (χ4v) is 1.74. The molecule has 122 valence electrons. The second-order valence-corrected chi connectivity index (χ2v) is 4.99. The summed E-state index contributed by atoms with van der Waals surface area (Å²) < 4.78 is 0. The summed E-state index contributed by atoms with van der Waals surface area (Å²) in [6.07, 6.45) is 28.4. The lowest BCUT2D eigenvalue weighted by Gasteiger charge is -1.89. The topological polar surface area (TPSA) is 37.3 Å². The van der Waals surface area contributed by atoms with Gasteiger partial charge in [-0.2, -0.15) is 0 Å². The third-order valence-corrected chi connectivity index (χ3v) is 2.92. The Labute approximate surface area is 135 Å². The summed E-state index contributed by atoms with van der Waals surface area (Å²) in [6, 6.07) is 0. The van der Waals surface area contributed by atoms with Gasteiger partial charge in [-0.05, 0) is 44.9 Å². The van der Waals surface area contributed by atoms with E-state index in [0.717, 1.165) is 44.9 Å². The molecule has 0 unspecified atom stereocenters. The van der Waals surface area contributed by atoms with Crippen molar-refractivity contribution in [2.24, 2.45) is 0 Å². The van der Waals surface area contributed by atoms with Gasteiger partial charge in [-0.25, -0.2) is 0 Å². The molecule has 0 saturated heterocycles. The summed E-state index contributed by atoms with van der Waals surface area (Å²) in [5, 5.41) is 8.49. The van der Waals surface area contributed by atoms with Crippen LogP contribution in [0.2, 0.25) is 0 Å². The van der Waals surface area contributed by atoms with Gasteiger partial charge >= 0.3 is 5.97 Å². The molecule has 0 rings (SSSR count). The maximum atomic E-state index is 10.3. The Kier molecular flexibility index (Phi) is 15.8. The lowest BCUT2D eigenvalue weighted by Crippen LogP contribution is -1.92. The highest BCUT2D eigenvalue weighted by Crippen LogP contribution is 1.99. The minimum absolute atomic E-state index is 0.258. The molecule has 0 atom stereocenters. The fraction of sp³-hybridized carbons (Fsp3) is 0.450. The Morgan fingerprint density at radius 3 is 1.55 bits per heavy atom. The summed E-state index contributed by atoms with van der Waals surface area (Å²) in [5.41, 5.74) is 0. The molecule has 0 aliphatic carbocycles. The summed E-state index contributed by atoms with van der Waals surface area (Å²) in [4.78, 5) is 10.3. The van der Waals surface area contributed by atoms with Crippen molar-refractivity contribution in [3.05, 3.63) is 60.8 Å². The molecule has 0 radical (unpaired) electrons. The van der Waals surface area contributed by atoms with Crippen molar-refractivity contribution >= 4 is 5.97 Å². The van der Waals surface area contributed by atoms with Crippen molar-refractivity contribution in [3.8, 4) is 0 Å². The number of carboxylic acid groups (broad SMARTS) is 1. The van der Waals surface area contributed by atoms with Crippen LogP contribution in [0.3, 0.4) is 0 Å². The van der Waals surface area contributed by atoms with E-state index in [-0.39, 0.29) is 6.42 Å². The molecular formula is C20H30O2. The number of unbranched alkanes of at least 4 members (excludes halogenated alkanes) is 1. The number of carbonyl (C=O) groups is 1. The maximum Gasteiger partial charge on any atom is 0.303 e. The number of hydrogen-bond donors (Lipinski definition) is 1. The molecule has 0 amide bonds. The number of hydrogen-bond acceptors (Lipinski definition) is 1. The van der Waals surface area contributed by atoms with Gasteiger partial charge in [0.15, 0.2) is 0 Å². The summed E-state index contributed by atoms with van der Waals surface area (Å²) in [7, 11) is 0. The normalized spacial score (nSPS) is 12.8. The van der Waals surface area contributed by atoms with Crippen LogP contribution in [0.4, 0.5) is 0 Å². The first-order chi connectivity index (χ1) is 10.8. The van der Waals surface area contributed by atoms with E-state index in [1.54, 1.807) is 0 Å². The molecule has 0 fully saturated rings. The van der Waals surface area contributed by atoms with Crippen LogP contribution in [0.1, 0.15) is 58.3 Å². The first kappa shape index (κ1) is 20.2. The molecule has 0 aliphatic heterocycles. The van der Waals surface area contributed by atoms with Crippen LogP contribution in [-0.4, -0.2) is 11.1 Å². The van der Waals surface area contributed by atoms with E-state index in [9.17, 15) is 4.79 Å². The van der Waals surface area contributed by atoms with Crippen LogP contribution >= 0.6 is 0 Å². The molecule has 1 N–H and O–H groups in total. The minimum atomic E-state index is -0.715. The third kappa shape index (κ3) is 18.2. The largest absolute Gasteiger partial charge is 0.481 e. The Balaban J connectivity index is 3.46. The first-order valence-corrected chi connectivity index (χ1v) is 8.24. The van der Waals surface area contributed by atoms with E-state index < -0.39 is 5.97 Å². The van der Waals surface area contributed by atoms with Crippen LogP contribution in [0, 0.1) is 0 Å². The average Bonchev–Trinajstić information content (AvgIpc) is 2.50. The van der Waals surface area contributed by atoms with Crippen LogP contribution in [0.25, 0.3) is 0 Å². The smallest absolute Gasteiger partial charge is 0.303 e. The third-order valence-electron chi connectivity index (χ3n) is 2.92. The number of allylic oxidation sites excluding steroid dienone is 10. The lowest BCUT2D eigenvalue weighted by atomic mass is 10.2. The summed E-state index contributed by atoms with van der Waals surface area (Å²) in [5.74, 6) is -0.715. The van der Waals surface area contributed by atoms with E-state index in [1.807, 2.05) is 0 Å². The second-order valence-electron chi connectivity index (χ2n) is 4.99. The Morgan fingerprint density at radius 1 is 0.727 bits per heavy atom.